The molecule has 1 N–H and O–H groups in total. The molecule has 3 rings (SSSR count). The van der Waals surface area contributed by atoms with Crippen molar-refractivity contribution in [3.05, 3.63) is 60.2 Å². The summed E-state index contributed by atoms with van der Waals surface area (Å²) in [5.74, 6) is 1.63. The molecule has 0 aliphatic carbocycles. The van der Waals surface area contributed by atoms with Gasteiger partial charge in [-0.3, -0.25) is 10.2 Å². The fourth-order valence-electron chi connectivity index (χ4n) is 3.75. The first-order chi connectivity index (χ1) is 16.8. The molecule has 2 aromatic carbocycles. The third kappa shape index (κ3) is 8.72. The van der Waals surface area contributed by atoms with E-state index in [-0.39, 0.29) is 12.6 Å². The van der Waals surface area contributed by atoms with Crippen molar-refractivity contribution in [2.45, 2.75) is 66.8 Å². The van der Waals surface area contributed by atoms with Gasteiger partial charge in [0.15, 0.2) is 5.82 Å². The number of nitrogens with one attached hydrogen (secondary N) is 1. The van der Waals surface area contributed by atoms with E-state index in [0.29, 0.717) is 24.5 Å². The van der Waals surface area contributed by atoms with Crippen molar-refractivity contribution >= 4 is 12.0 Å². The van der Waals surface area contributed by atoms with Crippen LogP contribution in [0.15, 0.2) is 54.6 Å². The summed E-state index contributed by atoms with van der Waals surface area (Å²) in [7, 11) is 1.62. The van der Waals surface area contributed by atoms with E-state index >= 15 is 0 Å². The first-order valence-electron chi connectivity index (χ1n) is 12.1. The zero-order chi connectivity index (χ0) is 25.8. The lowest BCUT2D eigenvalue weighted by Crippen LogP contribution is -2.36. The second-order valence-corrected chi connectivity index (χ2v) is 8.51. The summed E-state index contributed by atoms with van der Waals surface area (Å²) in [5, 5.41) is 6.88. The van der Waals surface area contributed by atoms with Crippen molar-refractivity contribution in [3.63, 3.8) is 0 Å². The van der Waals surface area contributed by atoms with Crippen molar-refractivity contribution in [1.82, 2.24) is 19.7 Å². The molecule has 0 saturated carbocycles. The first kappa shape index (κ1) is 27.9. The molecule has 8 nitrogen and oxygen atoms in total. The normalized spacial score (nSPS) is 10.8. The van der Waals surface area contributed by atoms with Crippen LogP contribution in [0.2, 0.25) is 0 Å². The summed E-state index contributed by atoms with van der Waals surface area (Å²) in [6.07, 6.45) is -0.594. The van der Waals surface area contributed by atoms with E-state index in [1.165, 1.54) is 0 Å². The molecule has 0 aliphatic heterocycles. The molecule has 0 spiro atoms. The average Bonchev–Trinajstić information content (AvgIpc) is 3.26. The van der Waals surface area contributed by atoms with Gasteiger partial charge in [-0.05, 0) is 71.0 Å². The topological polar surface area (TPSA) is 81.5 Å². The van der Waals surface area contributed by atoms with Crippen LogP contribution >= 0.6 is 0 Å². The Balaban J connectivity index is 0.000000410. The Morgan fingerprint density at radius 3 is 2.11 bits per heavy atom. The number of aryl methyl sites for hydroxylation is 1. The third-order valence-corrected chi connectivity index (χ3v) is 5.44. The predicted octanol–water partition coefficient (Wildman–Crippen LogP) is 5.85. The summed E-state index contributed by atoms with van der Waals surface area (Å²) in [4.78, 5) is 18.8. The number of carbonyl (C=O) groups excluding carboxylic acids is 1. The number of benzene rings is 2. The number of aromatic nitrogens is 3. The van der Waals surface area contributed by atoms with Crippen LogP contribution in [0.1, 0.15) is 47.1 Å². The standard InChI is InChI=1S/C19H20N4O3.C8H19N/c1-3-23-17(15-9-11-16(25-2)12-10-15)20-18(22-23)21-19(24)26-13-14-7-5-4-6-8-14;1-6-9(7(2)3)8(4)5/h4-12H,3,13H2,1-2H3,(H,21,22,24);7-8H,6H2,1-5H3. The van der Waals surface area contributed by atoms with Gasteiger partial charge in [0.1, 0.15) is 12.4 Å². The number of hydrogen-bond donors (Lipinski definition) is 1. The van der Waals surface area contributed by atoms with Crippen LogP contribution in [0.4, 0.5) is 10.7 Å². The highest BCUT2D eigenvalue weighted by atomic mass is 16.5. The second-order valence-electron chi connectivity index (χ2n) is 8.51. The molecule has 0 radical (unpaired) electrons. The number of anilines is 1. The zero-order valence-electron chi connectivity index (χ0n) is 22.0. The molecule has 3 aromatic rings. The van der Waals surface area contributed by atoms with E-state index in [1.54, 1.807) is 11.8 Å². The van der Waals surface area contributed by atoms with Gasteiger partial charge >= 0.3 is 6.09 Å². The van der Waals surface area contributed by atoms with Gasteiger partial charge < -0.3 is 9.47 Å². The highest BCUT2D eigenvalue weighted by Crippen LogP contribution is 2.22. The molecule has 0 fully saturated rings. The molecule has 0 bridgehead atoms. The minimum absolute atomic E-state index is 0.187. The van der Waals surface area contributed by atoms with Crippen LogP contribution < -0.4 is 10.1 Å². The molecule has 1 heterocycles. The summed E-state index contributed by atoms with van der Waals surface area (Å²) >= 11 is 0. The largest absolute Gasteiger partial charge is 0.497 e. The van der Waals surface area contributed by atoms with E-state index in [1.807, 2.05) is 61.5 Å². The zero-order valence-corrected chi connectivity index (χ0v) is 22.0. The molecule has 0 aliphatic rings. The van der Waals surface area contributed by atoms with E-state index in [9.17, 15) is 4.79 Å². The van der Waals surface area contributed by atoms with Gasteiger partial charge in [0, 0.05) is 24.2 Å². The smallest absolute Gasteiger partial charge is 0.414 e. The molecule has 0 atom stereocenters. The number of ether oxygens (including phenoxy) is 2. The van der Waals surface area contributed by atoms with Gasteiger partial charge in [-0.1, -0.05) is 37.3 Å². The Labute approximate surface area is 209 Å². The maximum Gasteiger partial charge on any atom is 0.414 e. The minimum Gasteiger partial charge on any atom is -0.497 e. The maximum absolute atomic E-state index is 12.0. The first-order valence-corrected chi connectivity index (χ1v) is 12.1. The fraction of sp³-hybridized carbons (Fsp3) is 0.444. The number of carbonyl (C=O) groups is 1. The van der Waals surface area contributed by atoms with Crippen LogP contribution in [0.5, 0.6) is 5.75 Å². The Kier molecular flexibility index (Phi) is 11.2. The molecule has 8 heteroatoms. The molecule has 1 aromatic heterocycles. The minimum atomic E-state index is -0.594. The predicted molar refractivity (Wildman–Crippen MR) is 141 cm³/mol. The molecule has 1 amide bonds. The number of hydrogen-bond acceptors (Lipinski definition) is 6. The summed E-state index contributed by atoms with van der Waals surface area (Å²) < 4.78 is 12.1. The molecule has 190 valence electrons. The lowest BCUT2D eigenvalue weighted by Gasteiger charge is -2.28. The number of methoxy groups -OCH3 is 1. The average molecular weight is 482 g/mol. The van der Waals surface area contributed by atoms with Crippen molar-refractivity contribution in [2.24, 2.45) is 0 Å². The van der Waals surface area contributed by atoms with Crippen molar-refractivity contribution in [2.75, 3.05) is 19.0 Å². The molecule has 35 heavy (non-hydrogen) atoms. The quantitative estimate of drug-likeness (QED) is 0.413. The van der Waals surface area contributed by atoms with Gasteiger partial charge in [-0.25, -0.2) is 9.48 Å². The van der Waals surface area contributed by atoms with Crippen molar-refractivity contribution in [1.29, 1.82) is 0 Å². The summed E-state index contributed by atoms with van der Waals surface area (Å²) in [5.41, 5.74) is 1.79. The Bertz CT molecular complexity index is 1010. The van der Waals surface area contributed by atoms with Crippen molar-refractivity contribution < 1.29 is 14.3 Å². The van der Waals surface area contributed by atoms with Gasteiger partial charge in [0.25, 0.3) is 5.95 Å². The van der Waals surface area contributed by atoms with E-state index in [4.69, 9.17) is 9.47 Å². The van der Waals surface area contributed by atoms with E-state index in [2.05, 4.69) is 54.9 Å². The van der Waals surface area contributed by atoms with Crippen LogP contribution in [0.3, 0.4) is 0 Å². The molecular formula is C27H39N5O3. The van der Waals surface area contributed by atoms with Crippen molar-refractivity contribution in [3.8, 4) is 17.1 Å². The Morgan fingerprint density at radius 2 is 1.63 bits per heavy atom. The van der Waals surface area contributed by atoms with Crippen LogP contribution in [0.25, 0.3) is 11.4 Å². The van der Waals surface area contributed by atoms with Crippen LogP contribution in [0, 0.1) is 0 Å². The van der Waals surface area contributed by atoms with E-state index in [0.717, 1.165) is 23.4 Å². The molecule has 0 unspecified atom stereocenters. The van der Waals surface area contributed by atoms with Gasteiger partial charge in [0.2, 0.25) is 0 Å². The summed E-state index contributed by atoms with van der Waals surface area (Å²) in [6, 6.07) is 18.3. The Morgan fingerprint density at radius 1 is 1.00 bits per heavy atom. The van der Waals surface area contributed by atoms with Crippen LogP contribution in [-0.2, 0) is 17.9 Å². The van der Waals surface area contributed by atoms with Gasteiger partial charge in [0.05, 0.1) is 7.11 Å². The van der Waals surface area contributed by atoms with Gasteiger partial charge in [-0.2, -0.15) is 4.98 Å². The monoisotopic (exact) mass is 481 g/mol. The second kappa shape index (κ2) is 14.1. The highest BCUT2D eigenvalue weighted by Gasteiger charge is 2.14. The van der Waals surface area contributed by atoms with E-state index < -0.39 is 6.09 Å². The molecule has 0 saturated heterocycles. The fourth-order valence-corrected chi connectivity index (χ4v) is 3.75. The SMILES string of the molecule is CCN(C(C)C)C(C)C.CCn1nc(NC(=O)OCc2ccccc2)nc1-c1ccc(OC)cc1. The Hall–Kier alpha value is -3.39. The maximum atomic E-state index is 12.0. The number of amides is 1. The molecular weight excluding hydrogens is 442 g/mol. The highest BCUT2D eigenvalue weighted by molar-refractivity contribution is 5.82. The number of rotatable bonds is 9. The van der Waals surface area contributed by atoms with Gasteiger partial charge in [-0.15, -0.1) is 5.10 Å². The number of nitrogens with zero attached hydrogens (tertiary/aromatic N) is 4. The lowest BCUT2D eigenvalue weighted by atomic mass is 10.2. The third-order valence-electron chi connectivity index (χ3n) is 5.44. The van der Waals surface area contributed by atoms with Crippen LogP contribution in [-0.4, -0.2) is 51.5 Å². The summed E-state index contributed by atoms with van der Waals surface area (Å²) in [6.45, 7) is 15.1. The lowest BCUT2D eigenvalue weighted by molar-refractivity contribution is 0.155.